The zero-order valence-electron chi connectivity index (χ0n) is 13.6. The highest BCUT2D eigenvalue weighted by Gasteiger charge is 2.39. The molecular weight excluding hydrogens is 306 g/mol. The summed E-state index contributed by atoms with van der Waals surface area (Å²) in [6.07, 6.45) is 1.82. The number of amides is 2. The zero-order valence-corrected chi connectivity index (χ0v) is 13.6. The van der Waals surface area contributed by atoms with Crippen LogP contribution in [0.15, 0.2) is 48.7 Å². The van der Waals surface area contributed by atoms with E-state index in [2.05, 4.69) is 0 Å². The second-order valence-corrected chi connectivity index (χ2v) is 6.11. The van der Waals surface area contributed by atoms with Gasteiger partial charge in [-0.2, -0.15) is 0 Å². The van der Waals surface area contributed by atoms with Crippen molar-refractivity contribution in [2.75, 3.05) is 19.7 Å². The molecule has 0 bridgehead atoms. The number of nitrogens with two attached hydrogens (primary N) is 1. The van der Waals surface area contributed by atoms with Crippen molar-refractivity contribution < 1.29 is 14.3 Å². The minimum atomic E-state index is -0.391. The van der Waals surface area contributed by atoms with Crippen molar-refractivity contribution in [3.8, 4) is 5.75 Å². The molecule has 6 heteroatoms. The first-order valence-electron chi connectivity index (χ1n) is 7.94. The normalized spacial score (nSPS) is 20.1. The molecule has 0 aliphatic carbocycles. The maximum absolute atomic E-state index is 12.6. The van der Waals surface area contributed by atoms with Gasteiger partial charge in [0, 0.05) is 32.3 Å². The molecule has 2 N–H and O–H groups in total. The highest BCUT2D eigenvalue weighted by atomic mass is 16.5. The van der Waals surface area contributed by atoms with Crippen molar-refractivity contribution in [2.45, 2.75) is 0 Å². The number of hydrogen-bond donors (Lipinski definition) is 1. The van der Waals surface area contributed by atoms with Crippen LogP contribution in [0.1, 0.15) is 10.5 Å². The van der Waals surface area contributed by atoms with Crippen LogP contribution in [0.25, 0.3) is 0 Å². The third-order valence-electron chi connectivity index (χ3n) is 4.46. The van der Waals surface area contributed by atoms with Crippen molar-refractivity contribution in [1.82, 2.24) is 9.47 Å². The minimum Gasteiger partial charge on any atom is -0.493 e. The van der Waals surface area contributed by atoms with Crippen LogP contribution in [-0.2, 0) is 11.8 Å². The topological polar surface area (TPSA) is 77.6 Å². The maximum atomic E-state index is 12.6. The van der Waals surface area contributed by atoms with E-state index in [0.717, 1.165) is 5.75 Å². The third kappa shape index (κ3) is 3.27. The van der Waals surface area contributed by atoms with E-state index in [0.29, 0.717) is 25.4 Å². The maximum Gasteiger partial charge on any atom is 0.270 e. The van der Waals surface area contributed by atoms with Crippen LogP contribution in [0.3, 0.4) is 0 Å². The summed E-state index contributed by atoms with van der Waals surface area (Å²) < 4.78 is 7.54. The molecule has 1 aromatic carbocycles. The first kappa shape index (κ1) is 16.1. The highest BCUT2D eigenvalue weighted by molar-refractivity contribution is 5.93. The smallest absolute Gasteiger partial charge is 0.270 e. The summed E-state index contributed by atoms with van der Waals surface area (Å²) in [7, 11) is 1.82. The first-order valence-corrected chi connectivity index (χ1v) is 7.94. The molecule has 3 rings (SSSR count). The number of primary amides is 1. The van der Waals surface area contributed by atoms with E-state index >= 15 is 0 Å². The molecule has 2 atom stereocenters. The number of benzene rings is 1. The van der Waals surface area contributed by atoms with E-state index < -0.39 is 5.92 Å². The summed E-state index contributed by atoms with van der Waals surface area (Å²) in [5.74, 6) is -0.229. The van der Waals surface area contributed by atoms with Gasteiger partial charge in [-0.15, -0.1) is 0 Å². The Labute approximate surface area is 140 Å². The monoisotopic (exact) mass is 327 g/mol. The van der Waals surface area contributed by atoms with Crippen molar-refractivity contribution in [3.63, 3.8) is 0 Å². The molecular formula is C18H21N3O3. The van der Waals surface area contributed by atoms with E-state index in [4.69, 9.17) is 10.5 Å². The van der Waals surface area contributed by atoms with Gasteiger partial charge in [0.05, 0.1) is 12.5 Å². The molecule has 0 unspecified atom stereocenters. The first-order chi connectivity index (χ1) is 11.6. The van der Waals surface area contributed by atoms with E-state index in [1.807, 2.05) is 49.6 Å². The lowest BCUT2D eigenvalue weighted by molar-refractivity contribution is -0.122. The van der Waals surface area contributed by atoms with Gasteiger partial charge in [-0.3, -0.25) is 9.59 Å². The number of nitrogens with zero attached hydrogens (tertiary/aromatic N) is 2. The summed E-state index contributed by atoms with van der Waals surface area (Å²) in [6.45, 7) is 1.15. The molecule has 1 fully saturated rings. The van der Waals surface area contributed by atoms with Gasteiger partial charge < -0.3 is 19.9 Å². The van der Waals surface area contributed by atoms with E-state index in [1.54, 1.807) is 15.5 Å². The van der Waals surface area contributed by atoms with Crippen LogP contribution in [0, 0.1) is 11.8 Å². The average Bonchev–Trinajstić information content (AvgIpc) is 3.19. The highest BCUT2D eigenvalue weighted by Crippen LogP contribution is 2.26. The minimum absolute atomic E-state index is 0.0871. The molecule has 2 amide bonds. The second kappa shape index (κ2) is 6.78. The molecule has 126 valence electrons. The number of rotatable bonds is 5. The Bertz CT molecular complexity index is 726. The van der Waals surface area contributed by atoms with Crippen LogP contribution >= 0.6 is 0 Å². The number of likely N-dealkylation sites (tertiary alicyclic amines) is 1. The molecule has 0 radical (unpaired) electrons. The molecule has 6 nitrogen and oxygen atoms in total. The molecule has 2 aromatic rings. The van der Waals surface area contributed by atoms with E-state index in [-0.39, 0.29) is 17.7 Å². The van der Waals surface area contributed by atoms with Crippen LogP contribution in [-0.4, -0.2) is 41.0 Å². The molecule has 1 aliphatic heterocycles. The number of para-hydroxylation sites is 1. The molecule has 1 saturated heterocycles. The fourth-order valence-electron chi connectivity index (χ4n) is 3.09. The summed E-state index contributed by atoms with van der Waals surface area (Å²) >= 11 is 0. The van der Waals surface area contributed by atoms with Gasteiger partial charge in [0.1, 0.15) is 11.4 Å². The van der Waals surface area contributed by atoms with E-state index in [9.17, 15) is 9.59 Å². The van der Waals surface area contributed by atoms with Gasteiger partial charge in [0.2, 0.25) is 5.91 Å². The van der Waals surface area contributed by atoms with Gasteiger partial charge in [-0.1, -0.05) is 18.2 Å². The number of aromatic nitrogens is 1. The quantitative estimate of drug-likeness (QED) is 0.898. The molecule has 0 saturated carbocycles. The van der Waals surface area contributed by atoms with Crippen LogP contribution in [0.5, 0.6) is 5.75 Å². The van der Waals surface area contributed by atoms with Crippen LogP contribution < -0.4 is 10.5 Å². The zero-order chi connectivity index (χ0) is 17.1. The Morgan fingerprint density at radius 2 is 1.92 bits per heavy atom. The fraction of sp³-hybridized carbons (Fsp3) is 0.333. The van der Waals surface area contributed by atoms with Crippen molar-refractivity contribution in [1.29, 1.82) is 0 Å². The number of carbonyl (C=O) groups is 2. The molecule has 1 aliphatic rings. The lowest BCUT2D eigenvalue weighted by Gasteiger charge is -2.17. The Kier molecular flexibility index (Phi) is 4.55. The van der Waals surface area contributed by atoms with Crippen molar-refractivity contribution in [2.24, 2.45) is 24.6 Å². The summed E-state index contributed by atoms with van der Waals surface area (Å²) in [4.78, 5) is 26.1. The molecule has 24 heavy (non-hydrogen) atoms. The Balaban J connectivity index is 1.69. The van der Waals surface area contributed by atoms with Crippen LogP contribution in [0.2, 0.25) is 0 Å². The van der Waals surface area contributed by atoms with Crippen molar-refractivity contribution in [3.05, 3.63) is 54.4 Å². The Morgan fingerprint density at radius 1 is 1.17 bits per heavy atom. The van der Waals surface area contributed by atoms with Gasteiger partial charge in [0.15, 0.2) is 0 Å². The second-order valence-electron chi connectivity index (χ2n) is 6.11. The number of ether oxygens (including phenoxy) is 1. The van der Waals surface area contributed by atoms with Gasteiger partial charge in [-0.05, 0) is 24.3 Å². The molecule has 2 heterocycles. The number of aryl methyl sites for hydroxylation is 1. The summed E-state index contributed by atoms with van der Waals surface area (Å²) in [5, 5.41) is 0. The summed E-state index contributed by atoms with van der Waals surface area (Å²) in [6, 6.07) is 13.0. The lowest BCUT2D eigenvalue weighted by atomic mass is 9.96. The van der Waals surface area contributed by atoms with Gasteiger partial charge in [0.25, 0.3) is 5.91 Å². The number of hydrogen-bond acceptors (Lipinski definition) is 3. The Hall–Kier alpha value is -2.76. The number of carbonyl (C=O) groups excluding carboxylic acids is 2. The predicted octanol–water partition coefficient (Wildman–Crippen LogP) is 1.28. The molecule has 1 aromatic heterocycles. The summed E-state index contributed by atoms with van der Waals surface area (Å²) in [5.41, 5.74) is 6.13. The standard InChI is InChI=1S/C18H21N3O3/c1-20-9-5-8-16(20)18(23)21-10-13(15(11-21)17(19)22)12-24-14-6-3-2-4-7-14/h2-9,13,15H,10-12H2,1H3,(H2,19,22)/t13-,15+/m0/s1. The Morgan fingerprint density at radius 3 is 2.54 bits per heavy atom. The fourth-order valence-corrected chi connectivity index (χ4v) is 3.09. The largest absolute Gasteiger partial charge is 0.493 e. The van der Waals surface area contributed by atoms with E-state index in [1.165, 1.54) is 0 Å². The van der Waals surface area contributed by atoms with Gasteiger partial charge >= 0.3 is 0 Å². The van der Waals surface area contributed by atoms with Crippen molar-refractivity contribution >= 4 is 11.8 Å². The van der Waals surface area contributed by atoms with Gasteiger partial charge in [-0.25, -0.2) is 0 Å². The molecule has 0 spiro atoms. The lowest BCUT2D eigenvalue weighted by Crippen LogP contribution is -2.33. The SMILES string of the molecule is Cn1cccc1C(=O)N1C[C@@H](COc2ccccc2)[C@H](C(N)=O)C1. The van der Waals surface area contributed by atoms with Crippen LogP contribution in [0.4, 0.5) is 0 Å². The average molecular weight is 327 g/mol. The predicted molar refractivity (Wildman–Crippen MR) is 89.4 cm³/mol. The third-order valence-corrected chi connectivity index (χ3v) is 4.46.